The Morgan fingerprint density at radius 2 is 2.00 bits per heavy atom. The molecule has 6 nitrogen and oxygen atoms in total. The number of nitrogens with zero attached hydrogens (tertiary/aromatic N) is 3. The molecular formula is C21H20F2N4O2S2. The molecule has 1 saturated heterocycles. The minimum Gasteiger partial charge on any atom is -0.341 e. The molecule has 0 radical (unpaired) electrons. The molecule has 0 aliphatic carbocycles. The Kier molecular flexibility index (Phi) is 6.10. The number of nitrogens with one attached hydrogen (secondary N) is 1. The lowest BCUT2D eigenvalue weighted by Gasteiger charge is -2.33. The molecule has 1 unspecified atom stereocenters. The summed E-state index contributed by atoms with van der Waals surface area (Å²) in [7, 11) is 0. The Morgan fingerprint density at radius 1 is 1.26 bits per heavy atom. The molecule has 4 rings (SSSR count). The first-order chi connectivity index (χ1) is 14.9. The lowest BCUT2D eigenvalue weighted by atomic mass is 9.88. The van der Waals surface area contributed by atoms with E-state index in [1.807, 2.05) is 17.5 Å². The second-order valence-electron chi connectivity index (χ2n) is 7.46. The van der Waals surface area contributed by atoms with Gasteiger partial charge in [0.05, 0.1) is 10.4 Å². The summed E-state index contributed by atoms with van der Waals surface area (Å²) in [5.74, 6) is -1.77. The monoisotopic (exact) mass is 462 g/mol. The highest BCUT2D eigenvalue weighted by Crippen LogP contribution is 2.28. The zero-order chi connectivity index (χ0) is 22.1. The van der Waals surface area contributed by atoms with Crippen molar-refractivity contribution in [2.75, 3.05) is 13.1 Å². The largest absolute Gasteiger partial charge is 0.341 e. The van der Waals surface area contributed by atoms with Gasteiger partial charge in [-0.2, -0.15) is 5.10 Å². The van der Waals surface area contributed by atoms with E-state index in [4.69, 9.17) is 12.2 Å². The second kappa shape index (κ2) is 8.80. The number of thiophene rings is 1. The fraction of sp³-hybridized carbons (Fsp3) is 0.333. The van der Waals surface area contributed by atoms with Gasteiger partial charge in [-0.25, -0.2) is 8.78 Å². The number of ketones is 1. The molecular weight excluding hydrogens is 442 g/mol. The maximum absolute atomic E-state index is 14.0. The van der Waals surface area contributed by atoms with Crippen molar-refractivity contribution in [2.24, 2.45) is 5.92 Å². The number of likely N-dealkylation sites (tertiary alicyclic amines) is 1. The number of halogens is 2. The van der Waals surface area contributed by atoms with Gasteiger partial charge in [-0.3, -0.25) is 19.3 Å². The van der Waals surface area contributed by atoms with E-state index >= 15 is 0 Å². The van der Waals surface area contributed by atoms with Crippen LogP contribution in [0.5, 0.6) is 0 Å². The minimum atomic E-state index is -0.728. The molecule has 3 heterocycles. The molecule has 2 aromatic heterocycles. The van der Waals surface area contributed by atoms with E-state index in [-0.39, 0.29) is 11.5 Å². The first-order valence-electron chi connectivity index (χ1n) is 9.85. The van der Waals surface area contributed by atoms with Gasteiger partial charge in [-0.15, -0.1) is 11.3 Å². The van der Waals surface area contributed by atoms with Crippen LogP contribution in [-0.2, 0) is 4.79 Å². The van der Waals surface area contributed by atoms with Crippen molar-refractivity contribution in [1.82, 2.24) is 19.7 Å². The van der Waals surface area contributed by atoms with E-state index in [0.717, 1.165) is 23.1 Å². The summed E-state index contributed by atoms with van der Waals surface area (Å²) in [6.45, 7) is 2.48. The van der Waals surface area contributed by atoms with Gasteiger partial charge < -0.3 is 4.90 Å². The van der Waals surface area contributed by atoms with Crippen molar-refractivity contribution in [3.05, 3.63) is 57.7 Å². The number of hydrogen-bond acceptors (Lipinski definition) is 5. The van der Waals surface area contributed by atoms with Crippen molar-refractivity contribution in [1.29, 1.82) is 0 Å². The molecule has 0 spiro atoms. The number of rotatable bonds is 5. The van der Waals surface area contributed by atoms with Gasteiger partial charge in [0.25, 0.3) is 0 Å². The van der Waals surface area contributed by atoms with E-state index < -0.39 is 29.4 Å². The van der Waals surface area contributed by atoms with Gasteiger partial charge in [-0.05, 0) is 61.6 Å². The average Bonchev–Trinajstić information content (AvgIpc) is 3.43. The summed E-state index contributed by atoms with van der Waals surface area (Å²) in [4.78, 5) is 28.4. The van der Waals surface area contributed by atoms with Crippen LogP contribution in [0.3, 0.4) is 0 Å². The van der Waals surface area contributed by atoms with Gasteiger partial charge in [-0.1, -0.05) is 6.07 Å². The van der Waals surface area contributed by atoms with Crippen LogP contribution in [-0.4, -0.2) is 44.4 Å². The molecule has 10 heteroatoms. The SMILES string of the molecule is CC(C(=O)N1CCC(C(=O)c2cc(F)ccc2F)CC1)n1c(-c2cccs2)n[nH]c1=S. The van der Waals surface area contributed by atoms with Crippen LogP contribution in [0, 0.1) is 22.3 Å². The van der Waals surface area contributed by atoms with Crippen LogP contribution in [0.4, 0.5) is 8.78 Å². The molecule has 0 saturated carbocycles. The van der Waals surface area contributed by atoms with E-state index in [9.17, 15) is 18.4 Å². The molecule has 1 atom stereocenters. The molecule has 3 aromatic rings. The molecule has 31 heavy (non-hydrogen) atoms. The predicted molar refractivity (Wildman–Crippen MR) is 115 cm³/mol. The highest BCUT2D eigenvalue weighted by atomic mass is 32.1. The van der Waals surface area contributed by atoms with E-state index in [0.29, 0.717) is 36.5 Å². The quantitative estimate of drug-likeness (QED) is 0.443. The summed E-state index contributed by atoms with van der Waals surface area (Å²) in [5.41, 5.74) is -0.233. The Morgan fingerprint density at radius 3 is 2.68 bits per heavy atom. The third-order valence-electron chi connectivity index (χ3n) is 5.56. The first-order valence-corrected chi connectivity index (χ1v) is 11.1. The summed E-state index contributed by atoms with van der Waals surface area (Å²) < 4.78 is 29.5. The van der Waals surface area contributed by atoms with Gasteiger partial charge in [0, 0.05) is 19.0 Å². The summed E-state index contributed by atoms with van der Waals surface area (Å²) >= 11 is 6.84. The number of Topliss-reactive ketones (excluding diaryl/α,β-unsaturated/α-hetero) is 1. The maximum Gasteiger partial charge on any atom is 0.245 e. The summed E-state index contributed by atoms with van der Waals surface area (Å²) in [6, 6.07) is 6.12. The highest BCUT2D eigenvalue weighted by Gasteiger charge is 2.32. The van der Waals surface area contributed by atoms with E-state index in [1.54, 1.807) is 16.4 Å². The number of carbonyl (C=O) groups excluding carboxylic acids is 2. The number of amides is 1. The Hall–Kier alpha value is -2.72. The van der Waals surface area contributed by atoms with Crippen molar-refractivity contribution < 1.29 is 18.4 Å². The van der Waals surface area contributed by atoms with Crippen LogP contribution in [0.2, 0.25) is 0 Å². The highest BCUT2D eigenvalue weighted by molar-refractivity contribution is 7.71. The number of aromatic nitrogens is 3. The lowest BCUT2D eigenvalue weighted by molar-refractivity contribution is -0.135. The summed E-state index contributed by atoms with van der Waals surface area (Å²) in [5, 5.41) is 8.94. The van der Waals surface area contributed by atoms with Crippen LogP contribution < -0.4 is 0 Å². The fourth-order valence-electron chi connectivity index (χ4n) is 3.89. The lowest BCUT2D eigenvalue weighted by Crippen LogP contribution is -2.43. The van der Waals surface area contributed by atoms with Crippen LogP contribution >= 0.6 is 23.6 Å². The van der Waals surface area contributed by atoms with Crippen molar-refractivity contribution in [3.8, 4) is 10.7 Å². The first kappa shape index (κ1) is 21.5. The van der Waals surface area contributed by atoms with Crippen LogP contribution in [0.15, 0.2) is 35.7 Å². The van der Waals surface area contributed by atoms with Crippen molar-refractivity contribution in [2.45, 2.75) is 25.8 Å². The Labute approximate surface area is 186 Å². The molecule has 1 aliphatic rings. The zero-order valence-corrected chi connectivity index (χ0v) is 18.3. The van der Waals surface area contributed by atoms with Gasteiger partial charge in [0.2, 0.25) is 5.91 Å². The molecule has 1 N–H and O–H groups in total. The molecule has 1 aromatic carbocycles. The van der Waals surface area contributed by atoms with Gasteiger partial charge in [0.1, 0.15) is 17.7 Å². The number of H-pyrrole nitrogens is 1. The van der Waals surface area contributed by atoms with Gasteiger partial charge in [0.15, 0.2) is 16.4 Å². The smallest absolute Gasteiger partial charge is 0.245 e. The Bertz CT molecular complexity index is 1160. The normalized spacial score (nSPS) is 15.8. The maximum atomic E-state index is 14.0. The number of carbonyl (C=O) groups is 2. The summed E-state index contributed by atoms with van der Waals surface area (Å²) in [6.07, 6.45) is 0.781. The number of benzene rings is 1. The van der Waals surface area contributed by atoms with Crippen LogP contribution in [0.25, 0.3) is 10.7 Å². The van der Waals surface area contributed by atoms with Crippen molar-refractivity contribution >= 4 is 35.2 Å². The van der Waals surface area contributed by atoms with E-state index in [1.165, 1.54) is 11.3 Å². The van der Waals surface area contributed by atoms with Crippen molar-refractivity contribution in [3.63, 3.8) is 0 Å². The van der Waals surface area contributed by atoms with Gasteiger partial charge >= 0.3 is 0 Å². The third-order valence-corrected chi connectivity index (χ3v) is 6.72. The molecule has 162 valence electrons. The zero-order valence-electron chi connectivity index (χ0n) is 16.7. The third kappa shape index (κ3) is 4.22. The minimum absolute atomic E-state index is 0.127. The van der Waals surface area contributed by atoms with Crippen LogP contribution in [0.1, 0.15) is 36.2 Å². The predicted octanol–water partition coefficient (Wildman–Crippen LogP) is 4.63. The standard InChI is InChI=1S/C21H20F2N4O2S2/c1-12(27-19(24-25-21(27)30)17-3-2-10-31-17)20(29)26-8-6-13(7-9-26)18(28)15-11-14(22)4-5-16(15)23/h2-5,10-13H,6-9H2,1H3,(H,25,30). The average molecular weight is 463 g/mol. The molecule has 1 fully saturated rings. The Balaban J connectivity index is 1.45. The second-order valence-corrected chi connectivity index (χ2v) is 8.80. The molecule has 1 amide bonds. The molecule has 1 aliphatic heterocycles. The fourth-order valence-corrected chi connectivity index (χ4v) is 4.89. The molecule has 0 bridgehead atoms. The number of hydrogen-bond donors (Lipinski definition) is 1. The van der Waals surface area contributed by atoms with E-state index in [2.05, 4.69) is 10.2 Å². The topological polar surface area (TPSA) is 71.0 Å². The number of piperidine rings is 1. The number of aromatic amines is 1.